The highest BCUT2D eigenvalue weighted by molar-refractivity contribution is 6.00. The van der Waals surface area contributed by atoms with Gasteiger partial charge < -0.3 is 19.2 Å². The summed E-state index contributed by atoms with van der Waals surface area (Å²) in [5, 5.41) is 0.763. The first kappa shape index (κ1) is 27.6. The summed E-state index contributed by atoms with van der Waals surface area (Å²) in [6.07, 6.45) is 4.45. The van der Waals surface area contributed by atoms with E-state index in [1.165, 1.54) is 13.2 Å². The van der Waals surface area contributed by atoms with Crippen LogP contribution in [0.1, 0.15) is 66.9 Å². The van der Waals surface area contributed by atoms with Gasteiger partial charge in [-0.15, -0.1) is 0 Å². The van der Waals surface area contributed by atoms with Crippen molar-refractivity contribution in [2.45, 2.75) is 59.2 Å². The van der Waals surface area contributed by atoms with Crippen molar-refractivity contribution in [3.05, 3.63) is 81.9 Å². The molecular formula is C33H35FN2O4. The van der Waals surface area contributed by atoms with E-state index >= 15 is 4.39 Å². The molecule has 1 N–H and O–H groups in total. The van der Waals surface area contributed by atoms with Crippen LogP contribution >= 0.6 is 0 Å². The Hall–Kier alpha value is -3.97. The number of esters is 1. The molecule has 2 aromatic carbocycles. The molecule has 0 saturated heterocycles. The van der Waals surface area contributed by atoms with Crippen LogP contribution in [-0.4, -0.2) is 35.3 Å². The van der Waals surface area contributed by atoms with Crippen molar-refractivity contribution in [2.75, 3.05) is 13.7 Å². The molecule has 208 valence electrons. The number of hydrogen-bond donors (Lipinski definition) is 1. The van der Waals surface area contributed by atoms with Crippen molar-refractivity contribution < 1.29 is 23.4 Å². The highest BCUT2D eigenvalue weighted by Gasteiger charge is 2.34. The molecule has 4 aromatic rings. The molecule has 6 nitrogen and oxygen atoms in total. The van der Waals surface area contributed by atoms with Crippen molar-refractivity contribution >= 4 is 29.2 Å². The Morgan fingerprint density at radius 3 is 2.60 bits per heavy atom. The summed E-state index contributed by atoms with van der Waals surface area (Å²) in [7, 11) is 1.34. The summed E-state index contributed by atoms with van der Waals surface area (Å²) >= 11 is 0. The van der Waals surface area contributed by atoms with Crippen molar-refractivity contribution in [3.8, 4) is 16.9 Å². The molecular weight excluding hydrogens is 507 g/mol. The molecule has 1 atom stereocenters. The first-order valence-electron chi connectivity index (χ1n) is 13.5. The third-order valence-electron chi connectivity index (χ3n) is 7.14. The number of pyridine rings is 1. The first-order chi connectivity index (χ1) is 19.1. The summed E-state index contributed by atoms with van der Waals surface area (Å²) in [6.45, 7) is 9.96. The van der Waals surface area contributed by atoms with E-state index in [9.17, 15) is 4.79 Å². The Kier molecular flexibility index (Phi) is 7.51. The van der Waals surface area contributed by atoms with Gasteiger partial charge in [-0.3, -0.25) is 0 Å². The Morgan fingerprint density at radius 2 is 1.90 bits per heavy atom. The maximum absolute atomic E-state index is 15.6. The Balaban J connectivity index is 1.80. The van der Waals surface area contributed by atoms with Gasteiger partial charge in [0.2, 0.25) is 0 Å². The van der Waals surface area contributed by atoms with E-state index in [0.29, 0.717) is 46.8 Å². The second kappa shape index (κ2) is 10.9. The van der Waals surface area contributed by atoms with E-state index < -0.39 is 23.5 Å². The number of methoxy groups -OCH3 is 1. The van der Waals surface area contributed by atoms with E-state index in [1.54, 1.807) is 0 Å². The van der Waals surface area contributed by atoms with Crippen LogP contribution in [-0.2, 0) is 20.7 Å². The van der Waals surface area contributed by atoms with Crippen LogP contribution in [0.4, 0.5) is 4.39 Å². The molecule has 40 heavy (non-hydrogen) atoms. The minimum Gasteiger partial charge on any atom is -0.490 e. The number of rotatable bonds is 6. The van der Waals surface area contributed by atoms with Gasteiger partial charge in [-0.1, -0.05) is 36.4 Å². The molecule has 0 saturated carbocycles. The predicted molar refractivity (Wildman–Crippen MR) is 156 cm³/mol. The van der Waals surface area contributed by atoms with E-state index in [0.717, 1.165) is 34.2 Å². The largest absolute Gasteiger partial charge is 0.490 e. The molecule has 0 spiro atoms. The van der Waals surface area contributed by atoms with Gasteiger partial charge in [0.25, 0.3) is 0 Å². The average Bonchev–Trinajstić information content (AvgIpc) is 3.34. The Labute approximate surface area is 234 Å². The zero-order chi connectivity index (χ0) is 28.6. The molecule has 1 unspecified atom stereocenters. The molecule has 2 aromatic heterocycles. The quantitative estimate of drug-likeness (QED) is 0.255. The van der Waals surface area contributed by atoms with Gasteiger partial charge >= 0.3 is 5.97 Å². The van der Waals surface area contributed by atoms with Crippen LogP contribution in [0.5, 0.6) is 5.75 Å². The van der Waals surface area contributed by atoms with E-state index in [-0.39, 0.29) is 0 Å². The first-order valence-corrected chi connectivity index (χ1v) is 13.5. The zero-order valence-corrected chi connectivity index (χ0v) is 23.9. The fourth-order valence-electron chi connectivity index (χ4n) is 5.35. The fraction of sp³-hybridized carbons (Fsp3) is 0.333. The van der Waals surface area contributed by atoms with Gasteiger partial charge in [-0.25, -0.2) is 14.2 Å². The topological polar surface area (TPSA) is 73.4 Å². The standard InChI is InChI=1S/C33H35FN2O4/c1-19-23-13-10-16-39-29(23)26(34)18-24(19)28-25-17-22(15-14-21-11-8-7-9-12-21)36-31(25)35-20(2)27(28)30(32(37)38-6)40-33(3,4)5/h7-9,11-12,14-15,17-18,30H,10,13,16H2,1-6H3,(H,35,36). The van der Waals surface area contributed by atoms with Gasteiger partial charge in [-0.2, -0.15) is 0 Å². The third-order valence-corrected chi connectivity index (χ3v) is 7.14. The number of halogens is 1. The number of nitrogens with zero attached hydrogens (tertiary/aromatic N) is 1. The Bertz CT molecular complexity index is 1600. The van der Waals surface area contributed by atoms with Gasteiger partial charge in [-0.05, 0) is 82.4 Å². The van der Waals surface area contributed by atoms with Crippen LogP contribution in [0.25, 0.3) is 34.3 Å². The molecule has 0 amide bonds. The van der Waals surface area contributed by atoms with Crippen molar-refractivity contribution in [3.63, 3.8) is 0 Å². The third kappa shape index (κ3) is 5.39. The van der Waals surface area contributed by atoms with Crippen LogP contribution in [0.3, 0.4) is 0 Å². The lowest BCUT2D eigenvalue weighted by molar-refractivity contribution is -0.164. The molecule has 1 aliphatic rings. The molecule has 0 aliphatic carbocycles. The maximum Gasteiger partial charge on any atom is 0.339 e. The number of aromatic nitrogens is 2. The number of hydrogen-bond acceptors (Lipinski definition) is 5. The van der Waals surface area contributed by atoms with E-state index in [2.05, 4.69) is 4.98 Å². The van der Waals surface area contributed by atoms with Crippen LogP contribution in [0.2, 0.25) is 0 Å². The number of ether oxygens (including phenoxy) is 3. The summed E-state index contributed by atoms with van der Waals surface area (Å²) in [4.78, 5) is 21.5. The van der Waals surface area contributed by atoms with Crippen molar-refractivity contribution in [1.29, 1.82) is 0 Å². The second-order valence-electron chi connectivity index (χ2n) is 11.1. The number of H-pyrrole nitrogens is 1. The second-order valence-corrected chi connectivity index (χ2v) is 11.1. The molecule has 3 heterocycles. The number of carbonyl (C=O) groups excluding carboxylic acids is 1. The monoisotopic (exact) mass is 542 g/mol. The predicted octanol–water partition coefficient (Wildman–Crippen LogP) is 7.51. The lowest BCUT2D eigenvalue weighted by atomic mass is 9.86. The highest BCUT2D eigenvalue weighted by Crippen LogP contribution is 2.44. The lowest BCUT2D eigenvalue weighted by Crippen LogP contribution is -2.29. The average molecular weight is 543 g/mol. The number of carbonyl (C=O) groups is 1. The van der Waals surface area contributed by atoms with E-state index in [1.807, 2.05) is 83.2 Å². The van der Waals surface area contributed by atoms with Gasteiger partial charge in [0.15, 0.2) is 17.7 Å². The zero-order valence-electron chi connectivity index (χ0n) is 23.9. The fourth-order valence-corrected chi connectivity index (χ4v) is 5.35. The Morgan fingerprint density at radius 1 is 1.15 bits per heavy atom. The maximum atomic E-state index is 15.6. The lowest BCUT2D eigenvalue weighted by Gasteiger charge is -2.29. The summed E-state index contributed by atoms with van der Waals surface area (Å²) in [5.41, 5.74) is 6.15. The van der Waals surface area contributed by atoms with Crippen molar-refractivity contribution in [2.24, 2.45) is 0 Å². The minimum atomic E-state index is -1.06. The van der Waals surface area contributed by atoms with Crippen molar-refractivity contribution in [1.82, 2.24) is 9.97 Å². The number of fused-ring (bicyclic) bond motifs is 2. The van der Waals surface area contributed by atoms with E-state index in [4.69, 9.17) is 19.2 Å². The highest BCUT2D eigenvalue weighted by atomic mass is 19.1. The SMILES string of the molecule is COC(=O)C(OC(C)(C)C)c1c(C)nc2[nH]c(C=Cc3ccccc3)cc2c1-c1cc(F)c2c(c1C)CCCO2. The smallest absolute Gasteiger partial charge is 0.339 e. The van der Waals surface area contributed by atoms with Gasteiger partial charge in [0.1, 0.15) is 5.65 Å². The van der Waals surface area contributed by atoms with Gasteiger partial charge in [0.05, 0.1) is 19.3 Å². The molecule has 1 aliphatic heterocycles. The minimum absolute atomic E-state index is 0.312. The number of aryl methyl sites for hydroxylation is 1. The number of benzene rings is 2. The normalized spacial score (nSPS) is 14.3. The number of nitrogens with one attached hydrogen (secondary N) is 1. The summed E-state index contributed by atoms with van der Waals surface area (Å²) in [6, 6.07) is 13.5. The molecule has 0 fully saturated rings. The van der Waals surface area contributed by atoms with Crippen LogP contribution in [0, 0.1) is 19.7 Å². The summed E-state index contributed by atoms with van der Waals surface area (Å²) < 4.78 is 32.8. The molecule has 0 radical (unpaired) electrons. The molecule has 5 rings (SSSR count). The number of aromatic amines is 1. The molecule has 7 heteroatoms. The van der Waals surface area contributed by atoms with Crippen LogP contribution < -0.4 is 4.74 Å². The van der Waals surface area contributed by atoms with Gasteiger partial charge in [0, 0.05) is 33.5 Å². The molecule has 0 bridgehead atoms. The van der Waals surface area contributed by atoms with Crippen LogP contribution in [0.15, 0.2) is 42.5 Å². The summed E-state index contributed by atoms with van der Waals surface area (Å²) in [5.74, 6) is -0.651.